The van der Waals surface area contributed by atoms with E-state index in [1.54, 1.807) is 13.8 Å². The van der Waals surface area contributed by atoms with Crippen molar-refractivity contribution in [2.45, 2.75) is 53.1 Å². The Hall–Kier alpha value is -3.47. The first-order valence-corrected chi connectivity index (χ1v) is 13.6. The maximum Gasteiger partial charge on any atom is 0.271 e. The average Bonchev–Trinajstić information content (AvgIpc) is 2.81. The lowest BCUT2D eigenvalue weighted by molar-refractivity contribution is -0.384. The third-order valence-electron chi connectivity index (χ3n) is 5.95. The van der Waals surface area contributed by atoms with Crippen molar-refractivity contribution in [1.29, 1.82) is 0 Å². The molecular formula is C25H34N4O6S. The summed E-state index contributed by atoms with van der Waals surface area (Å²) in [7, 11) is -3.99. The van der Waals surface area contributed by atoms with Gasteiger partial charge in [0, 0.05) is 25.2 Å². The highest BCUT2D eigenvalue weighted by Crippen LogP contribution is 2.28. The molecule has 1 atom stereocenters. The normalized spacial score (nSPS) is 12.0. The summed E-state index contributed by atoms with van der Waals surface area (Å²) in [5.41, 5.74) is 1.93. The van der Waals surface area contributed by atoms with E-state index in [9.17, 15) is 28.1 Å². The molecule has 36 heavy (non-hydrogen) atoms. The predicted molar refractivity (Wildman–Crippen MR) is 139 cm³/mol. The number of nitro benzene ring substituents is 1. The van der Waals surface area contributed by atoms with Gasteiger partial charge in [-0.25, -0.2) is 8.42 Å². The van der Waals surface area contributed by atoms with E-state index in [0.29, 0.717) is 12.1 Å². The molecule has 0 aliphatic rings. The number of hydrogen-bond donors (Lipinski definition) is 1. The number of unbranched alkanes of at least 4 members (excludes halogenated alkanes) is 1. The lowest BCUT2D eigenvalue weighted by Crippen LogP contribution is -2.51. The molecule has 196 valence electrons. The fraction of sp³-hybridized carbons (Fsp3) is 0.440. The predicted octanol–water partition coefficient (Wildman–Crippen LogP) is 3.31. The van der Waals surface area contributed by atoms with Crippen LogP contribution in [0.4, 0.5) is 11.4 Å². The third kappa shape index (κ3) is 7.51. The summed E-state index contributed by atoms with van der Waals surface area (Å²) in [5, 5.41) is 14.1. The summed E-state index contributed by atoms with van der Waals surface area (Å²) in [6.07, 6.45) is 2.62. The minimum atomic E-state index is -3.99. The second-order valence-electron chi connectivity index (χ2n) is 8.77. The van der Waals surface area contributed by atoms with Crippen LogP contribution in [0.15, 0.2) is 42.5 Å². The highest BCUT2D eigenvalue weighted by molar-refractivity contribution is 7.92. The van der Waals surface area contributed by atoms with Crippen LogP contribution in [0.25, 0.3) is 0 Å². The van der Waals surface area contributed by atoms with Crippen molar-refractivity contribution in [3.05, 3.63) is 69.3 Å². The molecule has 0 aliphatic carbocycles. The van der Waals surface area contributed by atoms with Gasteiger partial charge >= 0.3 is 0 Å². The number of amides is 2. The summed E-state index contributed by atoms with van der Waals surface area (Å²) in [5.74, 6) is -0.949. The molecule has 0 saturated heterocycles. The molecule has 11 heteroatoms. The number of sulfonamides is 1. The third-order valence-corrected chi connectivity index (χ3v) is 7.08. The van der Waals surface area contributed by atoms with Crippen LogP contribution in [0.1, 0.15) is 43.4 Å². The number of anilines is 1. The Morgan fingerprint density at radius 1 is 1.11 bits per heavy atom. The fourth-order valence-corrected chi connectivity index (χ4v) is 4.56. The molecule has 1 N–H and O–H groups in total. The van der Waals surface area contributed by atoms with Crippen LogP contribution in [-0.4, -0.2) is 55.4 Å². The van der Waals surface area contributed by atoms with Crippen LogP contribution >= 0.6 is 0 Å². The number of non-ortho nitro benzene ring substituents is 1. The number of carbonyl (C=O) groups excluding carboxylic acids is 2. The van der Waals surface area contributed by atoms with Gasteiger partial charge in [-0.2, -0.15) is 0 Å². The summed E-state index contributed by atoms with van der Waals surface area (Å²) in [6, 6.07) is 10.4. The summed E-state index contributed by atoms with van der Waals surface area (Å²) < 4.78 is 26.3. The highest BCUT2D eigenvalue weighted by Gasteiger charge is 2.31. The number of aryl methyl sites for hydroxylation is 2. The molecule has 0 bridgehead atoms. The van der Waals surface area contributed by atoms with E-state index in [4.69, 9.17) is 0 Å². The molecule has 2 aromatic carbocycles. The number of nitrogens with one attached hydrogen (secondary N) is 1. The molecule has 2 aromatic rings. The summed E-state index contributed by atoms with van der Waals surface area (Å²) in [4.78, 5) is 38.5. The van der Waals surface area contributed by atoms with Gasteiger partial charge in [0.25, 0.3) is 5.69 Å². The van der Waals surface area contributed by atoms with Gasteiger partial charge in [-0.1, -0.05) is 43.7 Å². The van der Waals surface area contributed by atoms with Gasteiger partial charge < -0.3 is 10.2 Å². The first-order chi connectivity index (χ1) is 16.9. The van der Waals surface area contributed by atoms with Gasteiger partial charge in [-0.3, -0.25) is 24.0 Å². The molecule has 0 unspecified atom stereocenters. The van der Waals surface area contributed by atoms with Crippen LogP contribution in [0, 0.1) is 24.0 Å². The number of benzene rings is 2. The van der Waals surface area contributed by atoms with Crippen LogP contribution in [-0.2, 0) is 26.2 Å². The Bertz CT molecular complexity index is 1210. The van der Waals surface area contributed by atoms with Crippen molar-refractivity contribution in [3.8, 4) is 0 Å². The smallest absolute Gasteiger partial charge is 0.271 e. The van der Waals surface area contributed by atoms with Crippen LogP contribution in [0.5, 0.6) is 0 Å². The molecule has 0 heterocycles. The topological polar surface area (TPSA) is 130 Å². The van der Waals surface area contributed by atoms with Crippen molar-refractivity contribution in [1.82, 2.24) is 10.2 Å². The molecule has 0 spiro atoms. The number of rotatable bonds is 12. The van der Waals surface area contributed by atoms with E-state index in [2.05, 4.69) is 5.32 Å². The zero-order chi connectivity index (χ0) is 27.0. The quantitative estimate of drug-likeness (QED) is 0.261. The zero-order valence-corrected chi connectivity index (χ0v) is 22.2. The second kappa shape index (κ2) is 12.5. The van der Waals surface area contributed by atoms with E-state index in [1.807, 2.05) is 38.1 Å². The zero-order valence-electron chi connectivity index (χ0n) is 21.4. The van der Waals surface area contributed by atoms with Gasteiger partial charge in [-0.15, -0.1) is 0 Å². The summed E-state index contributed by atoms with van der Waals surface area (Å²) >= 11 is 0. The molecule has 0 aliphatic heterocycles. The van der Waals surface area contributed by atoms with Crippen LogP contribution < -0.4 is 9.62 Å². The standard InChI is InChI=1S/C25H34N4O6S/c1-6-7-14-26-25(31)20(4)27(16-21-11-9-8-10-18(21)2)24(30)17-28(36(5,34)35)23-15-22(29(32)33)13-12-19(23)3/h8-13,15,20H,6-7,14,16-17H2,1-5H3,(H,26,31)/t20-/m0/s1. The van der Waals surface area contributed by atoms with E-state index < -0.39 is 33.4 Å². The summed E-state index contributed by atoms with van der Waals surface area (Å²) in [6.45, 7) is 7.04. The first kappa shape index (κ1) is 28.8. The SMILES string of the molecule is CCCCNC(=O)[C@H](C)N(Cc1ccccc1C)C(=O)CN(c1cc([N+](=O)[O-])ccc1C)S(C)(=O)=O. The Morgan fingerprint density at radius 2 is 1.78 bits per heavy atom. The molecule has 2 amide bonds. The molecule has 0 saturated carbocycles. The van der Waals surface area contributed by atoms with Gasteiger partial charge in [0.2, 0.25) is 21.8 Å². The van der Waals surface area contributed by atoms with Crippen molar-refractivity contribution in [3.63, 3.8) is 0 Å². The van der Waals surface area contributed by atoms with Crippen molar-refractivity contribution in [2.24, 2.45) is 0 Å². The maximum atomic E-state index is 13.6. The van der Waals surface area contributed by atoms with Crippen LogP contribution in [0.3, 0.4) is 0 Å². The van der Waals surface area contributed by atoms with E-state index >= 15 is 0 Å². The van der Waals surface area contributed by atoms with Crippen molar-refractivity contribution in [2.75, 3.05) is 23.7 Å². The minimum Gasteiger partial charge on any atom is -0.354 e. The Balaban J connectivity index is 2.46. The Labute approximate surface area is 212 Å². The molecule has 0 radical (unpaired) electrons. The minimum absolute atomic E-state index is 0.0379. The fourth-order valence-electron chi connectivity index (χ4n) is 3.66. The van der Waals surface area contributed by atoms with Crippen LogP contribution in [0.2, 0.25) is 0 Å². The van der Waals surface area contributed by atoms with E-state index in [-0.39, 0.29) is 23.8 Å². The monoisotopic (exact) mass is 518 g/mol. The molecule has 10 nitrogen and oxygen atoms in total. The van der Waals surface area contributed by atoms with Crippen molar-refractivity contribution >= 4 is 33.2 Å². The van der Waals surface area contributed by atoms with Crippen molar-refractivity contribution < 1.29 is 22.9 Å². The average molecular weight is 519 g/mol. The van der Waals surface area contributed by atoms with E-state index in [0.717, 1.165) is 40.6 Å². The number of nitrogens with zero attached hydrogens (tertiary/aromatic N) is 3. The van der Waals surface area contributed by atoms with E-state index in [1.165, 1.54) is 17.0 Å². The molecular weight excluding hydrogens is 484 g/mol. The lowest BCUT2D eigenvalue weighted by atomic mass is 10.1. The molecule has 2 rings (SSSR count). The Morgan fingerprint density at radius 3 is 2.36 bits per heavy atom. The van der Waals surface area contributed by atoms with Gasteiger partial charge in [0.15, 0.2) is 0 Å². The maximum absolute atomic E-state index is 13.6. The van der Waals surface area contributed by atoms with Gasteiger partial charge in [0.05, 0.1) is 16.9 Å². The Kier molecular flexibility index (Phi) is 9.97. The van der Waals surface area contributed by atoms with Gasteiger partial charge in [0.1, 0.15) is 12.6 Å². The highest BCUT2D eigenvalue weighted by atomic mass is 32.2. The second-order valence-corrected chi connectivity index (χ2v) is 10.7. The van der Waals surface area contributed by atoms with Gasteiger partial charge in [-0.05, 0) is 43.9 Å². The molecule has 0 aromatic heterocycles. The molecule has 0 fully saturated rings. The largest absolute Gasteiger partial charge is 0.354 e. The lowest BCUT2D eigenvalue weighted by Gasteiger charge is -2.32. The number of carbonyl (C=O) groups is 2. The first-order valence-electron chi connectivity index (χ1n) is 11.7. The number of hydrogen-bond acceptors (Lipinski definition) is 6. The number of nitro groups is 1.